The number of nitrogens with two attached hydrogens (primary N) is 1. The minimum absolute atomic E-state index is 0.722. The number of anilines is 1. The van der Waals surface area contributed by atoms with Crippen LogP contribution in [-0.2, 0) is 0 Å². The first-order valence-corrected chi connectivity index (χ1v) is 7.19. The molecule has 1 aromatic carbocycles. The highest BCUT2D eigenvalue weighted by Gasteiger charge is 1.99. The first-order chi connectivity index (χ1) is 9.30. The predicted molar refractivity (Wildman–Crippen MR) is 81.9 cm³/mol. The summed E-state index contributed by atoms with van der Waals surface area (Å²) in [6.07, 6.45) is 0.988. The Labute approximate surface area is 116 Å². The highest BCUT2D eigenvalue weighted by molar-refractivity contribution is 5.46. The van der Waals surface area contributed by atoms with Crippen molar-refractivity contribution >= 4 is 5.69 Å². The fourth-order valence-corrected chi connectivity index (χ4v) is 1.84. The van der Waals surface area contributed by atoms with E-state index in [0.29, 0.717) is 0 Å². The number of nitrogens with zero attached hydrogens (tertiary/aromatic N) is 1. The van der Waals surface area contributed by atoms with Crippen LogP contribution in [0, 0.1) is 0 Å². The Bertz CT molecular complexity index is 323. The molecule has 19 heavy (non-hydrogen) atoms. The van der Waals surface area contributed by atoms with Crippen LogP contribution < -0.4 is 15.8 Å². The number of likely N-dealkylation sites (N-methyl/N-ethyl adjacent to an activating group) is 1. The van der Waals surface area contributed by atoms with Crippen molar-refractivity contribution in [3.63, 3.8) is 0 Å². The zero-order valence-corrected chi connectivity index (χ0v) is 12.2. The monoisotopic (exact) mass is 265 g/mol. The van der Waals surface area contributed by atoms with Crippen LogP contribution in [-0.4, -0.2) is 44.2 Å². The molecule has 0 saturated carbocycles. The smallest absolute Gasteiger partial charge is 0.119 e. The molecule has 0 aromatic heterocycles. The predicted octanol–water partition coefficient (Wildman–Crippen LogP) is 2.17. The summed E-state index contributed by atoms with van der Waals surface area (Å²) in [5, 5.41) is 3.32. The Kier molecular flexibility index (Phi) is 8.02. The van der Waals surface area contributed by atoms with Crippen LogP contribution in [0.3, 0.4) is 0 Å². The van der Waals surface area contributed by atoms with E-state index in [0.717, 1.165) is 57.2 Å². The van der Waals surface area contributed by atoms with Crippen molar-refractivity contribution in [3.8, 4) is 5.75 Å². The summed E-state index contributed by atoms with van der Waals surface area (Å²) >= 11 is 0. The number of nitrogens with one attached hydrogen (secondary N) is 1. The molecule has 0 radical (unpaired) electrons. The van der Waals surface area contributed by atoms with Gasteiger partial charge in [0.2, 0.25) is 0 Å². The summed E-state index contributed by atoms with van der Waals surface area (Å²) < 4.78 is 5.73. The molecule has 1 rings (SSSR count). The second-order valence-electron chi connectivity index (χ2n) is 4.47. The zero-order valence-electron chi connectivity index (χ0n) is 12.2. The number of ether oxygens (including phenoxy) is 1. The molecule has 108 valence electrons. The third kappa shape index (κ3) is 6.45. The molecule has 0 saturated heterocycles. The van der Waals surface area contributed by atoms with Crippen LogP contribution in [0.2, 0.25) is 0 Å². The van der Waals surface area contributed by atoms with E-state index in [9.17, 15) is 0 Å². The van der Waals surface area contributed by atoms with Crippen molar-refractivity contribution in [2.24, 2.45) is 5.73 Å². The zero-order chi connectivity index (χ0) is 13.9. The summed E-state index contributed by atoms with van der Waals surface area (Å²) in [6.45, 7) is 9.84. The molecule has 1 aromatic rings. The van der Waals surface area contributed by atoms with Crippen molar-refractivity contribution in [3.05, 3.63) is 24.3 Å². The van der Waals surface area contributed by atoms with Gasteiger partial charge in [-0.05, 0) is 50.3 Å². The van der Waals surface area contributed by atoms with E-state index in [2.05, 4.69) is 24.1 Å². The molecule has 0 aliphatic carbocycles. The van der Waals surface area contributed by atoms with Crippen molar-refractivity contribution < 1.29 is 4.74 Å². The Morgan fingerprint density at radius 1 is 1.16 bits per heavy atom. The van der Waals surface area contributed by atoms with Crippen molar-refractivity contribution in [2.75, 3.05) is 44.6 Å². The lowest BCUT2D eigenvalue weighted by molar-refractivity contribution is 0.223. The molecule has 0 bridgehead atoms. The quantitative estimate of drug-likeness (QED) is 0.637. The minimum atomic E-state index is 0.722. The lowest BCUT2D eigenvalue weighted by Crippen LogP contribution is -2.27. The van der Waals surface area contributed by atoms with Gasteiger partial charge in [-0.25, -0.2) is 0 Å². The highest BCUT2D eigenvalue weighted by Crippen LogP contribution is 2.15. The molecule has 0 amide bonds. The molecular weight excluding hydrogens is 238 g/mol. The summed E-state index contributed by atoms with van der Waals surface area (Å²) in [5.74, 6) is 0.927. The SMILES string of the molecule is CCN(CC)CCOc1ccc(NCCCN)cc1. The van der Waals surface area contributed by atoms with E-state index in [1.807, 2.05) is 24.3 Å². The standard InChI is InChI=1S/C15H27N3O/c1-3-18(4-2)12-13-19-15-8-6-14(7-9-15)17-11-5-10-16/h6-9,17H,3-5,10-13,16H2,1-2H3. The fraction of sp³-hybridized carbons (Fsp3) is 0.600. The summed E-state index contributed by atoms with van der Waals surface area (Å²) in [5.41, 5.74) is 6.57. The summed E-state index contributed by atoms with van der Waals surface area (Å²) in [4.78, 5) is 2.35. The largest absolute Gasteiger partial charge is 0.492 e. The van der Waals surface area contributed by atoms with Crippen LogP contribution in [0.4, 0.5) is 5.69 Å². The lowest BCUT2D eigenvalue weighted by Gasteiger charge is -2.18. The summed E-state index contributed by atoms with van der Waals surface area (Å²) in [7, 11) is 0. The second kappa shape index (κ2) is 9.64. The number of benzene rings is 1. The lowest BCUT2D eigenvalue weighted by atomic mass is 10.3. The van der Waals surface area contributed by atoms with E-state index in [1.54, 1.807) is 0 Å². The van der Waals surface area contributed by atoms with Gasteiger partial charge in [-0.15, -0.1) is 0 Å². The second-order valence-corrected chi connectivity index (χ2v) is 4.47. The Hall–Kier alpha value is -1.26. The van der Waals surface area contributed by atoms with Crippen LogP contribution in [0.15, 0.2) is 24.3 Å². The summed E-state index contributed by atoms with van der Waals surface area (Å²) in [6, 6.07) is 8.10. The average Bonchev–Trinajstić information content (AvgIpc) is 2.45. The van der Waals surface area contributed by atoms with Crippen LogP contribution in [0.1, 0.15) is 20.3 Å². The molecule has 0 aliphatic rings. The Morgan fingerprint density at radius 3 is 2.42 bits per heavy atom. The van der Waals surface area contributed by atoms with Gasteiger partial charge in [0, 0.05) is 18.8 Å². The Balaban J connectivity index is 2.27. The van der Waals surface area contributed by atoms with Crippen LogP contribution in [0.25, 0.3) is 0 Å². The first-order valence-electron chi connectivity index (χ1n) is 7.19. The molecule has 3 N–H and O–H groups in total. The van der Waals surface area contributed by atoms with Gasteiger partial charge in [0.25, 0.3) is 0 Å². The number of hydrogen-bond acceptors (Lipinski definition) is 4. The van der Waals surface area contributed by atoms with Gasteiger partial charge in [0.05, 0.1) is 0 Å². The van der Waals surface area contributed by atoms with Crippen LogP contribution in [0.5, 0.6) is 5.75 Å². The number of rotatable bonds is 10. The maximum absolute atomic E-state index is 5.73. The van der Waals surface area contributed by atoms with E-state index in [-0.39, 0.29) is 0 Å². The van der Waals surface area contributed by atoms with Gasteiger partial charge < -0.3 is 20.7 Å². The molecule has 0 heterocycles. The van der Waals surface area contributed by atoms with Crippen molar-refractivity contribution in [1.29, 1.82) is 0 Å². The highest BCUT2D eigenvalue weighted by atomic mass is 16.5. The van der Waals surface area contributed by atoms with Gasteiger partial charge in [-0.3, -0.25) is 0 Å². The van der Waals surface area contributed by atoms with E-state index in [4.69, 9.17) is 10.5 Å². The third-order valence-corrected chi connectivity index (χ3v) is 3.14. The molecule has 0 unspecified atom stereocenters. The molecular formula is C15H27N3O. The van der Waals surface area contributed by atoms with Gasteiger partial charge in [-0.1, -0.05) is 13.8 Å². The molecule has 4 nitrogen and oxygen atoms in total. The van der Waals surface area contributed by atoms with Gasteiger partial charge >= 0.3 is 0 Å². The molecule has 0 atom stereocenters. The number of hydrogen-bond donors (Lipinski definition) is 2. The maximum Gasteiger partial charge on any atom is 0.119 e. The topological polar surface area (TPSA) is 50.5 Å². The van der Waals surface area contributed by atoms with Gasteiger partial charge in [-0.2, -0.15) is 0 Å². The molecule has 0 aliphatic heterocycles. The first kappa shape index (κ1) is 15.8. The molecule has 0 spiro atoms. The normalized spacial score (nSPS) is 10.7. The Morgan fingerprint density at radius 2 is 1.84 bits per heavy atom. The minimum Gasteiger partial charge on any atom is -0.492 e. The van der Waals surface area contributed by atoms with Gasteiger partial charge in [0.1, 0.15) is 12.4 Å². The third-order valence-electron chi connectivity index (χ3n) is 3.14. The van der Waals surface area contributed by atoms with Crippen LogP contribution >= 0.6 is 0 Å². The van der Waals surface area contributed by atoms with Gasteiger partial charge in [0.15, 0.2) is 0 Å². The maximum atomic E-state index is 5.73. The fourth-order valence-electron chi connectivity index (χ4n) is 1.84. The van der Waals surface area contributed by atoms with Crippen molar-refractivity contribution in [1.82, 2.24) is 4.90 Å². The van der Waals surface area contributed by atoms with E-state index in [1.165, 1.54) is 0 Å². The van der Waals surface area contributed by atoms with Crippen molar-refractivity contribution in [2.45, 2.75) is 20.3 Å². The van der Waals surface area contributed by atoms with E-state index < -0.39 is 0 Å². The average molecular weight is 265 g/mol. The van der Waals surface area contributed by atoms with E-state index >= 15 is 0 Å². The molecule has 4 heteroatoms. The molecule has 0 fully saturated rings.